The van der Waals surface area contributed by atoms with Gasteiger partial charge in [-0.15, -0.1) is 0 Å². The van der Waals surface area contributed by atoms with Crippen molar-refractivity contribution in [3.63, 3.8) is 0 Å². The van der Waals surface area contributed by atoms with Gasteiger partial charge in [0.1, 0.15) is 0 Å². The van der Waals surface area contributed by atoms with E-state index in [1.165, 1.54) is 96.3 Å². The van der Waals surface area contributed by atoms with E-state index in [4.69, 9.17) is 4.74 Å². The van der Waals surface area contributed by atoms with Gasteiger partial charge >= 0.3 is 5.97 Å². The van der Waals surface area contributed by atoms with Crippen molar-refractivity contribution in [3.8, 4) is 0 Å². The summed E-state index contributed by atoms with van der Waals surface area (Å²) in [6, 6.07) is 0. The Balaban J connectivity index is 3.08. The van der Waals surface area contributed by atoms with Gasteiger partial charge in [-0.25, -0.2) is 0 Å². The molecule has 0 bridgehead atoms. The number of ether oxygens (including phenoxy) is 1. The Labute approximate surface area is 158 Å². The number of hydrogen-bond donors (Lipinski definition) is 0. The van der Waals surface area contributed by atoms with E-state index in [0.29, 0.717) is 13.0 Å². The number of hydrogen-bond acceptors (Lipinski definition) is 2. The molecule has 0 fully saturated rings. The first-order valence-corrected chi connectivity index (χ1v) is 11.5. The van der Waals surface area contributed by atoms with Crippen molar-refractivity contribution in [1.29, 1.82) is 0 Å². The minimum atomic E-state index is 0.00537. The molecule has 0 N–H and O–H groups in total. The third kappa shape index (κ3) is 21.4. The minimum Gasteiger partial charge on any atom is -0.466 e. The third-order valence-corrected chi connectivity index (χ3v) is 5.00. The van der Waals surface area contributed by atoms with Crippen LogP contribution in [0.3, 0.4) is 0 Å². The second-order valence-corrected chi connectivity index (χ2v) is 7.63. The molecule has 0 amide bonds. The van der Waals surface area contributed by atoms with Crippen LogP contribution >= 0.6 is 0 Å². The van der Waals surface area contributed by atoms with E-state index >= 15 is 0 Å². The summed E-state index contributed by atoms with van der Waals surface area (Å²) in [5, 5.41) is 0. The van der Waals surface area contributed by atoms with Crippen molar-refractivity contribution >= 4 is 5.97 Å². The quantitative estimate of drug-likeness (QED) is 0.164. The molecular weight excluding hydrogens is 308 g/mol. The molecule has 0 saturated heterocycles. The van der Waals surface area contributed by atoms with Crippen LogP contribution in [0.15, 0.2) is 0 Å². The SMILES string of the molecule is CCCCCCCCCCCCCCCCCC(=O)OCCCCC. The average molecular weight is 355 g/mol. The number of rotatable bonds is 20. The second-order valence-electron chi connectivity index (χ2n) is 7.63. The Bertz CT molecular complexity index is 263. The highest BCUT2D eigenvalue weighted by molar-refractivity contribution is 5.69. The first kappa shape index (κ1) is 24.5. The van der Waals surface area contributed by atoms with Gasteiger partial charge in [-0.3, -0.25) is 4.79 Å². The van der Waals surface area contributed by atoms with Crippen molar-refractivity contribution in [2.24, 2.45) is 0 Å². The number of carbonyl (C=O) groups is 1. The monoisotopic (exact) mass is 354 g/mol. The number of carbonyl (C=O) groups excluding carboxylic acids is 1. The van der Waals surface area contributed by atoms with Crippen LogP contribution in [-0.4, -0.2) is 12.6 Å². The summed E-state index contributed by atoms with van der Waals surface area (Å²) >= 11 is 0. The summed E-state index contributed by atoms with van der Waals surface area (Å²) in [6.45, 7) is 5.06. The molecule has 0 heterocycles. The molecule has 2 nitrogen and oxygen atoms in total. The molecule has 0 radical (unpaired) electrons. The molecule has 0 unspecified atom stereocenters. The van der Waals surface area contributed by atoms with Crippen LogP contribution in [0.25, 0.3) is 0 Å². The molecule has 150 valence electrons. The van der Waals surface area contributed by atoms with Crippen LogP contribution < -0.4 is 0 Å². The Kier molecular flexibility index (Phi) is 21.1. The van der Waals surface area contributed by atoms with Crippen LogP contribution in [0.2, 0.25) is 0 Å². The fourth-order valence-electron chi connectivity index (χ4n) is 3.25. The van der Waals surface area contributed by atoms with E-state index < -0.39 is 0 Å². The summed E-state index contributed by atoms with van der Waals surface area (Å²) in [5.74, 6) is 0.00537. The summed E-state index contributed by atoms with van der Waals surface area (Å²) in [7, 11) is 0. The lowest BCUT2D eigenvalue weighted by molar-refractivity contribution is -0.143. The Morgan fingerprint density at radius 3 is 1.32 bits per heavy atom. The van der Waals surface area contributed by atoms with E-state index in [2.05, 4.69) is 13.8 Å². The smallest absolute Gasteiger partial charge is 0.305 e. The lowest BCUT2D eigenvalue weighted by Gasteiger charge is -2.05. The fraction of sp³-hybridized carbons (Fsp3) is 0.957. The zero-order chi connectivity index (χ0) is 18.4. The van der Waals surface area contributed by atoms with Gasteiger partial charge in [0.15, 0.2) is 0 Å². The van der Waals surface area contributed by atoms with E-state index in [1.807, 2.05) is 0 Å². The molecule has 0 rings (SSSR count). The molecule has 0 saturated carbocycles. The van der Waals surface area contributed by atoms with Gasteiger partial charge < -0.3 is 4.74 Å². The van der Waals surface area contributed by atoms with E-state index in [1.54, 1.807) is 0 Å². The Morgan fingerprint density at radius 1 is 0.520 bits per heavy atom. The maximum Gasteiger partial charge on any atom is 0.305 e. The normalized spacial score (nSPS) is 11.0. The van der Waals surface area contributed by atoms with E-state index in [9.17, 15) is 4.79 Å². The third-order valence-electron chi connectivity index (χ3n) is 5.00. The summed E-state index contributed by atoms with van der Waals surface area (Å²) in [5.41, 5.74) is 0. The van der Waals surface area contributed by atoms with Crippen molar-refractivity contribution in [3.05, 3.63) is 0 Å². The molecule has 0 aromatic carbocycles. The first-order chi connectivity index (χ1) is 12.3. The van der Waals surface area contributed by atoms with Crippen LogP contribution in [0.1, 0.15) is 136 Å². The summed E-state index contributed by atoms with van der Waals surface area (Å²) in [4.78, 5) is 11.5. The Morgan fingerprint density at radius 2 is 0.880 bits per heavy atom. The highest BCUT2D eigenvalue weighted by atomic mass is 16.5. The zero-order valence-electron chi connectivity index (χ0n) is 17.5. The summed E-state index contributed by atoms with van der Waals surface area (Å²) < 4.78 is 5.22. The largest absolute Gasteiger partial charge is 0.466 e. The minimum absolute atomic E-state index is 0.00537. The van der Waals surface area contributed by atoms with Crippen molar-refractivity contribution in [2.45, 2.75) is 136 Å². The van der Waals surface area contributed by atoms with Gasteiger partial charge in [0.25, 0.3) is 0 Å². The molecule has 0 aromatic heterocycles. The van der Waals surface area contributed by atoms with Crippen molar-refractivity contribution in [2.75, 3.05) is 6.61 Å². The predicted molar refractivity (Wildman–Crippen MR) is 110 cm³/mol. The molecule has 0 atom stereocenters. The lowest BCUT2D eigenvalue weighted by Crippen LogP contribution is -2.05. The second kappa shape index (κ2) is 21.5. The highest BCUT2D eigenvalue weighted by Crippen LogP contribution is 2.13. The molecule has 0 aliphatic carbocycles. The van der Waals surface area contributed by atoms with Gasteiger partial charge in [-0.2, -0.15) is 0 Å². The van der Waals surface area contributed by atoms with E-state index in [-0.39, 0.29) is 5.97 Å². The van der Waals surface area contributed by atoms with E-state index in [0.717, 1.165) is 19.3 Å². The molecular formula is C23H46O2. The van der Waals surface area contributed by atoms with Crippen LogP contribution in [0.4, 0.5) is 0 Å². The standard InChI is InChI=1S/C23H46O2/c1-3-5-7-8-9-10-11-12-13-14-15-16-17-18-19-21-23(24)25-22-20-6-4-2/h3-22H2,1-2H3. The molecule has 0 aromatic rings. The maximum atomic E-state index is 11.5. The van der Waals surface area contributed by atoms with Crippen LogP contribution in [-0.2, 0) is 9.53 Å². The highest BCUT2D eigenvalue weighted by Gasteiger charge is 2.02. The van der Waals surface area contributed by atoms with Gasteiger partial charge in [0.05, 0.1) is 6.61 Å². The fourth-order valence-corrected chi connectivity index (χ4v) is 3.25. The first-order valence-electron chi connectivity index (χ1n) is 11.5. The van der Waals surface area contributed by atoms with Gasteiger partial charge in [-0.05, 0) is 12.8 Å². The number of esters is 1. The average Bonchev–Trinajstić information content (AvgIpc) is 2.62. The molecule has 0 aliphatic heterocycles. The maximum absolute atomic E-state index is 11.5. The van der Waals surface area contributed by atoms with Gasteiger partial charge in [0.2, 0.25) is 0 Å². The molecule has 0 spiro atoms. The van der Waals surface area contributed by atoms with Crippen molar-refractivity contribution in [1.82, 2.24) is 0 Å². The zero-order valence-corrected chi connectivity index (χ0v) is 17.5. The molecule has 0 aliphatic rings. The summed E-state index contributed by atoms with van der Waals surface area (Å²) in [6.07, 6.45) is 24.4. The lowest BCUT2D eigenvalue weighted by atomic mass is 10.0. The van der Waals surface area contributed by atoms with Crippen LogP contribution in [0, 0.1) is 0 Å². The van der Waals surface area contributed by atoms with Crippen molar-refractivity contribution < 1.29 is 9.53 Å². The van der Waals surface area contributed by atoms with Gasteiger partial charge in [0, 0.05) is 6.42 Å². The molecule has 25 heavy (non-hydrogen) atoms. The Hall–Kier alpha value is -0.530. The van der Waals surface area contributed by atoms with Gasteiger partial charge in [-0.1, -0.05) is 117 Å². The topological polar surface area (TPSA) is 26.3 Å². The predicted octanol–water partition coefficient (Wildman–Crippen LogP) is 7.98. The van der Waals surface area contributed by atoms with Crippen LogP contribution in [0.5, 0.6) is 0 Å². The molecule has 2 heteroatoms. The number of unbranched alkanes of at least 4 members (excludes halogenated alkanes) is 16.